The largest absolute Gasteiger partial charge is 0.383 e. The van der Waals surface area contributed by atoms with E-state index in [9.17, 15) is 0 Å². The third-order valence-electron chi connectivity index (χ3n) is 3.39. The van der Waals surface area contributed by atoms with Gasteiger partial charge in [0.1, 0.15) is 0 Å². The predicted octanol–water partition coefficient (Wildman–Crippen LogP) is 4.02. The molecule has 0 heterocycles. The maximum Gasteiger partial charge on any atom is 0.0400 e. The summed E-state index contributed by atoms with van der Waals surface area (Å²) in [6.45, 7) is 12.1. The molecular weight excluding hydrogens is 182 g/mol. The molecular formula is C14H25N. The van der Waals surface area contributed by atoms with E-state index in [0.717, 1.165) is 18.0 Å². The minimum Gasteiger partial charge on any atom is -0.383 e. The molecule has 1 unspecified atom stereocenters. The zero-order valence-electron chi connectivity index (χ0n) is 10.3. The maximum atomic E-state index is 3.97. The first kappa shape index (κ1) is 12.4. The summed E-state index contributed by atoms with van der Waals surface area (Å²) >= 11 is 0. The normalized spacial score (nSPS) is 19.3. The molecule has 1 atom stereocenters. The van der Waals surface area contributed by atoms with Gasteiger partial charge in [0.2, 0.25) is 0 Å². The molecule has 15 heavy (non-hydrogen) atoms. The first-order valence-electron chi connectivity index (χ1n) is 6.19. The monoisotopic (exact) mass is 207 g/mol. The Morgan fingerprint density at radius 3 is 2.53 bits per heavy atom. The second kappa shape index (κ2) is 5.39. The van der Waals surface area contributed by atoms with Crippen LogP contribution in [0.15, 0.2) is 24.9 Å². The highest BCUT2D eigenvalue weighted by molar-refractivity contribution is 5.11. The molecule has 86 valence electrons. The summed E-state index contributed by atoms with van der Waals surface area (Å²) in [5.74, 6) is 0.803. The number of hydrogen-bond donors (Lipinski definition) is 1. The van der Waals surface area contributed by atoms with Gasteiger partial charge in [-0.25, -0.2) is 0 Å². The zero-order chi connectivity index (χ0) is 11.3. The van der Waals surface area contributed by atoms with E-state index in [4.69, 9.17) is 0 Å². The fourth-order valence-electron chi connectivity index (χ4n) is 2.56. The predicted molar refractivity (Wildman–Crippen MR) is 67.7 cm³/mol. The van der Waals surface area contributed by atoms with Crippen LogP contribution in [-0.2, 0) is 0 Å². The maximum absolute atomic E-state index is 3.97. The summed E-state index contributed by atoms with van der Waals surface area (Å²) in [7, 11) is 0. The van der Waals surface area contributed by atoms with Gasteiger partial charge in [0.05, 0.1) is 0 Å². The van der Waals surface area contributed by atoms with Gasteiger partial charge in [0, 0.05) is 11.2 Å². The highest BCUT2D eigenvalue weighted by Crippen LogP contribution is 2.46. The van der Waals surface area contributed by atoms with Crippen molar-refractivity contribution in [1.82, 2.24) is 5.32 Å². The van der Waals surface area contributed by atoms with Gasteiger partial charge in [0.25, 0.3) is 0 Å². The number of nitrogens with one attached hydrogen (secondary N) is 1. The Hall–Kier alpha value is -0.720. The van der Waals surface area contributed by atoms with Crippen molar-refractivity contribution in [2.45, 2.75) is 57.9 Å². The van der Waals surface area contributed by atoms with E-state index in [2.05, 4.69) is 32.3 Å². The molecule has 0 radical (unpaired) electrons. The molecule has 1 fully saturated rings. The van der Waals surface area contributed by atoms with Crippen LogP contribution in [-0.4, -0.2) is 5.54 Å². The van der Waals surface area contributed by atoms with Gasteiger partial charge in [0.15, 0.2) is 0 Å². The van der Waals surface area contributed by atoms with Crippen LogP contribution in [0.5, 0.6) is 0 Å². The summed E-state index contributed by atoms with van der Waals surface area (Å²) in [4.78, 5) is 0. The Bertz CT molecular complexity index is 225. The Morgan fingerprint density at radius 1 is 1.47 bits per heavy atom. The second-order valence-electron chi connectivity index (χ2n) is 4.91. The lowest BCUT2D eigenvalue weighted by Crippen LogP contribution is -2.37. The molecule has 1 aliphatic carbocycles. The molecule has 0 aromatic carbocycles. The van der Waals surface area contributed by atoms with Gasteiger partial charge in [-0.05, 0) is 44.9 Å². The molecule has 0 aliphatic heterocycles. The van der Waals surface area contributed by atoms with Gasteiger partial charge in [-0.15, -0.1) is 6.58 Å². The fourth-order valence-corrected chi connectivity index (χ4v) is 2.56. The van der Waals surface area contributed by atoms with Crippen molar-refractivity contribution in [1.29, 1.82) is 0 Å². The van der Waals surface area contributed by atoms with E-state index in [1.54, 1.807) is 0 Å². The molecule has 1 nitrogen and oxygen atoms in total. The molecule has 1 saturated carbocycles. The molecule has 1 rings (SSSR count). The first-order valence-corrected chi connectivity index (χ1v) is 6.19. The van der Waals surface area contributed by atoms with E-state index < -0.39 is 0 Å². The van der Waals surface area contributed by atoms with E-state index >= 15 is 0 Å². The van der Waals surface area contributed by atoms with Gasteiger partial charge in [-0.2, -0.15) is 0 Å². The average molecular weight is 207 g/mol. The SMILES string of the molecule is C=CCCC(CCC)C1(NC(=C)C)CC1. The van der Waals surface area contributed by atoms with Crippen molar-refractivity contribution < 1.29 is 0 Å². The molecule has 0 aromatic rings. The quantitative estimate of drug-likeness (QED) is 0.593. The fraction of sp³-hybridized carbons (Fsp3) is 0.714. The van der Waals surface area contributed by atoms with Crippen LogP contribution in [0, 0.1) is 5.92 Å². The molecule has 1 N–H and O–H groups in total. The first-order chi connectivity index (χ1) is 7.14. The van der Waals surface area contributed by atoms with Crippen molar-refractivity contribution in [2.24, 2.45) is 5.92 Å². The zero-order valence-corrected chi connectivity index (χ0v) is 10.3. The highest BCUT2D eigenvalue weighted by Gasteiger charge is 2.47. The summed E-state index contributed by atoms with van der Waals surface area (Å²) in [5.41, 5.74) is 1.51. The van der Waals surface area contributed by atoms with Gasteiger partial charge >= 0.3 is 0 Å². The minimum absolute atomic E-state index is 0.394. The lowest BCUT2D eigenvalue weighted by atomic mass is 9.88. The Kier molecular flexibility index (Phi) is 4.44. The third kappa shape index (κ3) is 3.40. The summed E-state index contributed by atoms with van der Waals surface area (Å²) in [6.07, 6.45) is 9.71. The van der Waals surface area contributed by atoms with Crippen molar-refractivity contribution in [3.8, 4) is 0 Å². The Balaban J connectivity index is 2.53. The Labute approximate surface area is 94.6 Å². The van der Waals surface area contributed by atoms with Crippen molar-refractivity contribution >= 4 is 0 Å². The van der Waals surface area contributed by atoms with Crippen LogP contribution in [0.25, 0.3) is 0 Å². The smallest absolute Gasteiger partial charge is 0.0400 e. The number of allylic oxidation sites excluding steroid dienone is 2. The third-order valence-corrected chi connectivity index (χ3v) is 3.39. The average Bonchev–Trinajstić information content (AvgIpc) is 2.92. The van der Waals surface area contributed by atoms with E-state index in [0.29, 0.717) is 5.54 Å². The van der Waals surface area contributed by atoms with Gasteiger partial charge in [-0.1, -0.05) is 26.0 Å². The molecule has 1 heteroatoms. The van der Waals surface area contributed by atoms with Crippen molar-refractivity contribution in [3.63, 3.8) is 0 Å². The van der Waals surface area contributed by atoms with E-state index in [-0.39, 0.29) is 0 Å². The molecule has 0 spiro atoms. The number of rotatable bonds is 8. The lowest BCUT2D eigenvalue weighted by molar-refractivity contribution is 0.313. The number of hydrogen-bond acceptors (Lipinski definition) is 1. The van der Waals surface area contributed by atoms with Crippen LogP contribution in [0.2, 0.25) is 0 Å². The standard InChI is InChI=1S/C14H25N/c1-5-7-9-13(8-6-2)14(10-11-14)15-12(3)4/h5,13,15H,1,3,6-11H2,2,4H3. The van der Waals surface area contributed by atoms with Crippen LogP contribution >= 0.6 is 0 Å². The molecule has 0 bridgehead atoms. The van der Waals surface area contributed by atoms with E-state index in [1.807, 2.05) is 6.08 Å². The second-order valence-corrected chi connectivity index (χ2v) is 4.91. The Morgan fingerprint density at radius 2 is 2.13 bits per heavy atom. The van der Waals surface area contributed by atoms with Gasteiger partial charge < -0.3 is 5.32 Å². The van der Waals surface area contributed by atoms with Crippen LogP contribution in [0.3, 0.4) is 0 Å². The van der Waals surface area contributed by atoms with Crippen molar-refractivity contribution in [2.75, 3.05) is 0 Å². The van der Waals surface area contributed by atoms with Crippen LogP contribution in [0.1, 0.15) is 52.4 Å². The molecule has 0 aromatic heterocycles. The summed E-state index contributed by atoms with van der Waals surface area (Å²) < 4.78 is 0. The molecule has 0 amide bonds. The highest BCUT2D eigenvalue weighted by atomic mass is 15.0. The van der Waals surface area contributed by atoms with Crippen LogP contribution in [0.4, 0.5) is 0 Å². The minimum atomic E-state index is 0.394. The van der Waals surface area contributed by atoms with E-state index in [1.165, 1.54) is 32.1 Å². The molecule has 1 aliphatic rings. The topological polar surface area (TPSA) is 12.0 Å². The van der Waals surface area contributed by atoms with Crippen LogP contribution < -0.4 is 5.32 Å². The summed E-state index contributed by atoms with van der Waals surface area (Å²) in [5, 5.41) is 3.60. The molecule has 0 saturated heterocycles. The van der Waals surface area contributed by atoms with Gasteiger partial charge in [-0.3, -0.25) is 0 Å². The van der Waals surface area contributed by atoms with Crippen molar-refractivity contribution in [3.05, 3.63) is 24.9 Å². The lowest BCUT2D eigenvalue weighted by Gasteiger charge is -2.28. The summed E-state index contributed by atoms with van der Waals surface area (Å²) in [6, 6.07) is 0.